The Hall–Kier alpha value is -1.74. The summed E-state index contributed by atoms with van der Waals surface area (Å²) >= 11 is 0. The van der Waals surface area contributed by atoms with Crippen molar-refractivity contribution in [2.75, 3.05) is 13.1 Å². The highest BCUT2D eigenvalue weighted by Gasteiger charge is 2.72. The number of carbonyl (C=O) groups excluding carboxylic acids is 1. The number of aromatic nitrogens is 2. The summed E-state index contributed by atoms with van der Waals surface area (Å²) in [7, 11) is 0. The van der Waals surface area contributed by atoms with E-state index in [9.17, 15) is 31.1 Å². The molecule has 1 aromatic heterocycles. The largest absolute Gasteiger partial charge is 0.404 e. The molecule has 130 valence electrons. The predicted octanol–water partition coefficient (Wildman–Crippen LogP) is 3.49. The topological polar surface area (TPSA) is 49.0 Å². The third kappa shape index (κ3) is 2.90. The van der Waals surface area contributed by atoms with Crippen molar-refractivity contribution in [2.24, 2.45) is 5.41 Å². The van der Waals surface area contributed by atoms with Crippen LogP contribution in [-0.4, -0.2) is 46.4 Å². The molecule has 2 rings (SSSR count). The van der Waals surface area contributed by atoms with Gasteiger partial charge in [-0.15, -0.1) is 0 Å². The molecule has 23 heavy (non-hydrogen) atoms. The predicted molar refractivity (Wildman–Crippen MR) is 67.7 cm³/mol. The van der Waals surface area contributed by atoms with E-state index in [0.29, 0.717) is 10.6 Å². The highest BCUT2D eigenvalue weighted by atomic mass is 19.4. The smallest absolute Gasteiger partial charge is 0.336 e. The van der Waals surface area contributed by atoms with Gasteiger partial charge in [-0.1, -0.05) is 13.8 Å². The van der Waals surface area contributed by atoms with Crippen LogP contribution in [0.2, 0.25) is 0 Å². The van der Waals surface area contributed by atoms with Crippen molar-refractivity contribution in [3.63, 3.8) is 0 Å². The molecule has 0 unspecified atom stereocenters. The number of alkyl halides is 6. The van der Waals surface area contributed by atoms with Crippen molar-refractivity contribution in [3.05, 3.63) is 17.5 Å². The lowest BCUT2D eigenvalue weighted by Crippen LogP contribution is -2.52. The number of H-pyrrole nitrogens is 1. The van der Waals surface area contributed by atoms with E-state index in [2.05, 4.69) is 10.2 Å². The Bertz CT molecular complexity index is 575. The number of halogens is 6. The molecule has 0 bridgehead atoms. The van der Waals surface area contributed by atoms with E-state index in [1.54, 1.807) is 13.8 Å². The van der Waals surface area contributed by atoms with Gasteiger partial charge in [0, 0.05) is 18.8 Å². The molecule has 1 aliphatic rings. The molecule has 0 aromatic carbocycles. The van der Waals surface area contributed by atoms with E-state index in [1.807, 2.05) is 0 Å². The molecule has 1 N–H and O–H groups in total. The number of rotatable bonds is 2. The molecule has 2 heterocycles. The van der Waals surface area contributed by atoms with Gasteiger partial charge >= 0.3 is 12.4 Å². The number of nitrogens with zero attached hydrogens (tertiary/aromatic N) is 2. The van der Waals surface area contributed by atoms with Crippen LogP contribution >= 0.6 is 0 Å². The van der Waals surface area contributed by atoms with Gasteiger partial charge in [0.1, 0.15) is 5.69 Å². The van der Waals surface area contributed by atoms with Gasteiger partial charge < -0.3 is 4.90 Å². The SMILES string of the molecule is CC(C)c1cc(C(=O)N2CCC(C(F)(F)F)(C(F)(F)F)C2)n[nH]1. The molecule has 1 saturated heterocycles. The number of amides is 1. The Morgan fingerprint density at radius 3 is 2.22 bits per heavy atom. The quantitative estimate of drug-likeness (QED) is 0.836. The van der Waals surface area contributed by atoms with Gasteiger partial charge in [-0.2, -0.15) is 31.4 Å². The van der Waals surface area contributed by atoms with Crippen LogP contribution in [0.1, 0.15) is 42.4 Å². The summed E-state index contributed by atoms with van der Waals surface area (Å²) in [6, 6.07) is 1.34. The minimum absolute atomic E-state index is 0.00734. The Balaban J connectivity index is 2.25. The lowest BCUT2D eigenvalue weighted by Gasteiger charge is -2.33. The third-order valence-electron chi connectivity index (χ3n) is 4.08. The van der Waals surface area contributed by atoms with Crippen molar-refractivity contribution in [3.8, 4) is 0 Å². The Labute approximate surface area is 127 Å². The molecule has 4 nitrogen and oxygen atoms in total. The molecular formula is C13H15F6N3O. The van der Waals surface area contributed by atoms with Crippen molar-refractivity contribution in [2.45, 2.75) is 38.5 Å². The van der Waals surface area contributed by atoms with Crippen molar-refractivity contribution >= 4 is 5.91 Å². The number of carbonyl (C=O) groups is 1. The van der Waals surface area contributed by atoms with Gasteiger partial charge in [0.25, 0.3) is 5.91 Å². The molecule has 10 heteroatoms. The van der Waals surface area contributed by atoms with E-state index in [4.69, 9.17) is 0 Å². The van der Waals surface area contributed by atoms with Gasteiger partial charge in [0.2, 0.25) is 0 Å². The normalized spacial score (nSPS) is 18.7. The molecule has 0 saturated carbocycles. The second kappa shape index (κ2) is 5.41. The van der Waals surface area contributed by atoms with E-state index in [1.165, 1.54) is 6.07 Å². The summed E-state index contributed by atoms with van der Waals surface area (Å²) in [4.78, 5) is 12.7. The standard InChI is InChI=1S/C13H15F6N3O/c1-7(2)8-5-9(21-20-8)10(23)22-4-3-11(6-22,12(14,15)16)13(17,18)19/h5,7H,3-4,6H2,1-2H3,(H,20,21). The third-order valence-corrected chi connectivity index (χ3v) is 4.08. The van der Waals surface area contributed by atoms with E-state index in [-0.39, 0.29) is 11.6 Å². The van der Waals surface area contributed by atoms with E-state index >= 15 is 0 Å². The summed E-state index contributed by atoms with van der Waals surface area (Å²) < 4.78 is 77.9. The summed E-state index contributed by atoms with van der Waals surface area (Å²) in [5, 5.41) is 6.22. The van der Waals surface area contributed by atoms with Gasteiger partial charge in [-0.3, -0.25) is 9.89 Å². The first-order chi connectivity index (χ1) is 10.4. The number of aromatic amines is 1. The molecule has 0 radical (unpaired) electrons. The zero-order valence-corrected chi connectivity index (χ0v) is 12.3. The lowest BCUT2D eigenvalue weighted by atomic mass is 9.85. The zero-order chi connectivity index (χ0) is 17.6. The van der Waals surface area contributed by atoms with Gasteiger partial charge in [-0.05, 0) is 18.4 Å². The number of hydrogen-bond donors (Lipinski definition) is 1. The minimum atomic E-state index is -5.48. The van der Waals surface area contributed by atoms with Crippen molar-refractivity contribution in [1.29, 1.82) is 0 Å². The van der Waals surface area contributed by atoms with Gasteiger partial charge in [0.15, 0.2) is 5.41 Å². The minimum Gasteiger partial charge on any atom is -0.336 e. The molecule has 1 fully saturated rings. The Morgan fingerprint density at radius 1 is 1.26 bits per heavy atom. The first-order valence-electron chi connectivity index (χ1n) is 6.87. The van der Waals surface area contributed by atoms with Crippen LogP contribution in [0, 0.1) is 5.41 Å². The van der Waals surface area contributed by atoms with Crippen LogP contribution in [0.15, 0.2) is 6.07 Å². The first kappa shape index (κ1) is 17.6. The van der Waals surface area contributed by atoms with Crippen LogP contribution in [0.3, 0.4) is 0 Å². The highest BCUT2D eigenvalue weighted by molar-refractivity contribution is 5.92. The maximum atomic E-state index is 13.0. The highest BCUT2D eigenvalue weighted by Crippen LogP contribution is 2.55. The zero-order valence-electron chi connectivity index (χ0n) is 12.3. The van der Waals surface area contributed by atoms with E-state index in [0.717, 1.165) is 0 Å². The average molecular weight is 343 g/mol. The molecule has 0 atom stereocenters. The fourth-order valence-corrected chi connectivity index (χ4v) is 2.51. The summed E-state index contributed by atoms with van der Waals surface area (Å²) in [5.41, 5.74) is -3.49. The maximum absolute atomic E-state index is 13.0. The maximum Gasteiger partial charge on any atom is 0.404 e. The molecular weight excluding hydrogens is 328 g/mol. The molecule has 0 spiro atoms. The monoisotopic (exact) mass is 343 g/mol. The Kier molecular flexibility index (Phi) is 4.15. The fraction of sp³-hybridized carbons (Fsp3) is 0.692. The molecule has 1 aliphatic heterocycles. The number of likely N-dealkylation sites (tertiary alicyclic amines) is 1. The second-order valence-electron chi connectivity index (χ2n) is 5.92. The summed E-state index contributed by atoms with van der Waals surface area (Å²) in [6.45, 7) is 1.54. The van der Waals surface area contributed by atoms with Crippen LogP contribution in [0.5, 0.6) is 0 Å². The summed E-state index contributed by atoms with van der Waals surface area (Å²) in [6.07, 6.45) is -12.2. The lowest BCUT2D eigenvalue weighted by molar-refractivity contribution is -0.334. The summed E-state index contributed by atoms with van der Waals surface area (Å²) in [5.74, 6) is -0.949. The second-order valence-corrected chi connectivity index (χ2v) is 5.92. The van der Waals surface area contributed by atoms with Crippen LogP contribution in [0.25, 0.3) is 0 Å². The molecule has 1 amide bonds. The van der Waals surface area contributed by atoms with Crippen LogP contribution in [0.4, 0.5) is 26.3 Å². The molecule has 0 aliphatic carbocycles. The first-order valence-corrected chi connectivity index (χ1v) is 6.87. The van der Waals surface area contributed by atoms with Crippen molar-refractivity contribution in [1.82, 2.24) is 15.1 Å². The Morgan fingerprint density at radius 2 is 1.83 bits per heavy atom. The van der Waals surface area contributed by atoms with Gasteiger partial charge in [-0.25, -0.2) is 0 Å². The van der Waals surface area contributed by atoms with E-state index < -0.39 is 43.2 Å². The van der Waals surface area contributed by atoms with Crippen LogP contribution in [-0.2, 0) is 0 Å². The number of hydrogen-bond acceptors (Lipinski definition) is 2. The fourth-order valence-electron chi connectivity index (χ4n) is 2.51. The average Bonchev–Trinajstić information content (AvgIpc) is 3.04. The van der Waals surface area contributed by atoms with Crippen LogP contribution < -0.4 is 0 Å². The molecule has 1 aromatic rings. The van der Waals surface area contributed by atoms with Crippen molar-refractivity contribution < 1.29 is 31.1 Å². The van der Waals surface area contributed by atoms with Gasteiger partial charge in [0.05, 0.1) is 0 Å². The number of nitrogens with one attached hydrogen (secondary N) is 1.